The number of para-hydroxylation sites is 1. The molecule has 0 fully saturated rings. The Morgan fingerprint density at radius 3 is 2.63 bits per heavy atom. The summed E-state index contributed by atoms with van der Waals surface area (Å²) in [6.07, 6.45) is 6.54. The third kappa shape index (κ3) is 3.24. The fraction of sp³-hybridized carbons (Fsp3) is 0.438. The molecule has 2 unspecified atom stereocenters. The minimum absolute atomic E-state index is 0.373. The highest BCUT2D eigenvalue weighted by Gasteiger charge is 2.18. The third-order valence-electron chi connectivity index (χ3n) is 3.61. The molecule has 0 saturated carbocycles. The van der Waals surface area contributed by atoms with Gasteiger partial charge in [-0.1, -0.05) is 38.5 Å². The number of rotatable bonds is 6. The van der Waals surface area contributed by atoms with E-state index in [2.05, 4.69) is 42.6 Å². The maximum absolute atomic E-state index is 4.47. The van der Waals surface area contributed by atoms with Gasteiger partial charge in [-0.15, -0.1) is 0 Å². The van der Waals surface area contributed by atoms with E-state index in [1.165, 1.54) is 18.4 Å². The Morgan fingerprint density at radius 1 is 1.26 bits per heavy atom. The maximum Gasteiger partial charge on any atom is 0.0645 e. The molecule has 102 valence electrons. The van der Waals surface area contributed by atoms with Gasteiger partial charge in [0.05, 0.1) is 11.9 Å². The van der Waals surface area contributed by atoms with Crippen molar-refractivity contribution in [2.75, 3.05) is 7.05 Å². The summed E-state index contributed by atoms with van der Waals surface area (Å²) in [5.41, 5.74) is 2.36. The Morgan fingerprint density at radius 2 is 2.00 bits per heavy atom. The van der Waals surface area contributed by atoms with Crippen molar-refractivity contribution in [1.29, 1.82) is 0 Å². The van der Waals surface area contributed by atoms with Crippen molar-refractivity contribution in [2.45, 2.75) is 32.7 Å². The molecule has 0 aliphatic carbocycles. The first-order valence-corrected chi connectivity index (χ1v) is 7.03. The van der Waals surface area contributed by atoms with Crippen LogP contribution in [0.2, 0.25) is 0 Å². The van der Waals surface area contributed by atoms with Crippen molar-refractivity contribution in [1.82, 2.24) is 15.1 Å². The quantitative estimate of drug-likeness (QED) is 0.857. The van der Waals surface area contributed by atoms with Crippen molar-refractivity contribution >= 4 is 0 Å². The van der Waals surface area contributed by atoms with Crippen LogP contribution in [0.3, 0.4) is 0 Å². The minimum atomic E-state index is 0.373. The molecule has 0 bridgehead atoms. The van der Waals surface area contributed by atoms with Crippen LogP contribution in [-0.4, -0.2) is 16.8 Å². The van der Waals surface area contributed by atoms with Crippen LogP contribution in [0.1, 0.15) is 38.3 Å². The maximum atomic E-state index is 4.47. The lowest BCUT2D eigenvalue weighted by molar-refractivity contribution is 0.384. The lowest BCUT2D eigenvalue weighted by atomic mass is 9.93. The van der Waals surface area contributed by atoms with Gasteiger partial charge in [-0.05, 0) is 31.5 Å². The summed E-state index contributed by atoms with van der Waals surface area (Å²) in [6.45, 7) is 4.53. The highest BCUT2D eigenvalue weighted by Crippen LogP contribution is 2.25. The first-order chi connectivity index (χ1) is 9.26. The van der Waals surface area contributed by atoms with E-state index in [-0.39, 0.29) is 0 Å². The van der Waals surface area contributed by atoms with Gasteiger partial charge < -0.3 is 5.32 Å². The molecule has 2 aromatic rings. The zero-order valence-electron chi connectivity index (χ0n) is 12.0. The van der Waals surface area contributed by atoms with Gasteiger partial charge in [-0.25, -0.2) is 4.68 Å². The monoisotopic (exact) mass is 257 g/mol. The Balaban J connectivity index is 2.20. The summed E-state index contributed by atoms with van der Waals surface area (Å²) in [7, 11) is 2.02. The predicted molar refractivity (Wildman–Crippen MR) is 79.4 cm³/mol. The van der Waals surface area contributed by atoms with Crippen LogP contribution in [0.5, 0.6) is 0 Å². The summed E-state index contributed by atoms with van der Waals surface area (Å²) >= 11 is 0. The molecule has 1 aromatic heterocycles. The average Bonchev–Trinajstić information content (AvgIpc) is 2.90. The predicted octanol–water partition coefficient (Wildman–Crippen LogP) is 3.57. The van der Waals surface area contributed by atoms with Crippen LogP contribution in [-0.2, 0) is 0 Å². The van der Waals surface area contributed by atoms with Gasteiger partial charge >= 0.3 is 0 Å². The molecular weight excluding hydrogens is 234 g/mol. The molecule has 1 aromatic carbocycles. The molecule has 0 spiro atoms. The topological polar surface area (TPSA) is 29.9 Å². The zero-order valence-corrected chi connectivity index (χ0v) is 12.0. The summed E-state index contributed by atoms with van der Waals surface area (Å²) in [4.78, 5) is 0. The largest absolute Gasteiger partial charge is 0.313 e. The number of benzene rings is 1. The molecule has 1 heterocycles. The Hall–Kier alpha value is -1.61. The van der Waals surface area contributed by atoms with Gasteiger partial charge in [0, 0.05) is 17.8 Å². The van der Waals surface area contributed by atoms with E-state index in [9.17, 15) is 0 Å². The summed E-state index contributed by atoms with van der Waals surface area (Å²) < 4.78 is 1.94. The number of nitrogens with zero attached hydrogens (tertiary/aromatic N) is 2. The molecule has 0 saturated heterocycles. The Bertz CT molecular complexity index is 490. The highest BCUT2D eigenvalue weighted by molar-refractivity contribution is 5.31. The molecule has 0 amide bonds. The average molecular weight is 257 g/mol. The zero-order chi connectivity index (χ0) is 13.7. The SMILES string of the molecule is CCCC(C)C(NC)c1cnn(-c2ccccc2)c1. The Labute approximate surface area is 115 Å². The second kappa shape index (κ2) is 6.53. The molecule has 2 atom stereocenters. The molecule has 3 heteroatoms. The van der Waals surface area contributed by atoms with Crippen LogP contribution in [0.25, 0.3) is 5.69 Å². The van der Waals surface area contributed by atoms with Crippen LogP contribution in [0.4, 0.5) is 0 Å². The van der Waals surface area contributed by atoms with E-state index in [1.54, 1.807) is 0 Å². The smallest absolute Gasteiger partial charge is 0.0645 e. The van der Waals surface area contributed by atoms with Gasteiger partial charge in [0.25, 0.3) is 0 Å². The summed E-state index contributed by atoms with van der Waals surface area (Å²) in [6, 6.07) is 10.6. The lowest BCUT2D eigenvalue weighted by Gasteiger charge is -2.21. The second-order valence-electron chi connectivity index (χ2n) is 5.09. The highest BCUT2D eigenvalue weighted by atomic mass is 15.3. The molecule has 2 rings (SSSR count). The lowest BCUT2D eigenvalue weighted by Crippen LogP contribution is -2.23. The number of hydrogen-bond acceptors (Lipinski definition) is 2. The first kappa shape index (κ1) is 13.8. The van der Waals surface area contributed by atoms with Gasteiger partial charge in [0.1, 0.15) is 0 Å². The van der Waals surface area contributed by atoms with E-state index in [0.29, 0.717) is 12.0 Å². The van der Waals surface area contributed by atoms with E-state index in [4.69, 9.17) is 0 Å². The minimum Gasteiger partial charge on any atom is -0.313 e. The van der Waals surface area contributed by atoms with Crippen LogP contribution >= 0.6 is 0 Å². The molecule has 0 aliphatic rings. The van der Waals surface area contributed by atoms with Gasteiger partial charge in [0.15, 0.2) is 0 Å². The van der Waals surface area contributed by atoms with Crippen molar-refractivity contribution in [3.05, 3.63) is 48.3 Å². The molecule has 1 N–H and O–H groups in total. The van der Waals surface area contributed by atoms with Crippen LogP contribution in [0, 0.1) is 5.92 Å². The molecule has 3 nitrogen and oxygen atoms in total. The van der Waals surface area contributed by atoms with E-state index in [0.717, 1.165) is 5.69 Å². The molecule has 0 aliphatic heterocycles. The van der Waals surface area contributed by atoms with Crippen LogP contribution < -0.4 is 5.32 Å². The fourth-order valence-corrected chi connectivity index (χ4v) is 2.62. The molecule has 0 radical (unpaired) electrons. The Kier molecular flexibility index (Phi) is 4.74. The number of hydrogen-bond donors (Lipinski definition) is 1. The second-order valence-corrected chi connectivity index (χ2v) is 5.09. The van der Waals surface area contributed by atoms with Crippen molar-refractivity contribution < 1.29 is 0 Å². The van der Waals surface area contributed by atoms with E-state index < -0.39 is 0 Å². The van der Waals surface area contributed by atoms with Crippen molar-refractivity contribution in [2.24, 2.45) is 5.92 Å². The normalized spacial score (nSPS) is 14.3. The van der Waals surface area contributed by atoms with Gasteiger partial charge in [0.2, 0.25) is 0 Å². The first-order valence-electron chi connectivity index (χ1n) is 7.03. The number of aromatic nitrogens is 2. The number of nitrogens with one attached hydrogen (secondary N) is 1. The molecular formula is C16H23N3. The van der Waals surface area contributed by atoms with Crippen LogP contribution in [0.15, 0.2) is 42.7 Å². The van der Waals surface area contributed by atoms with E-state index in [1.807, 2.05) is 36.1 Å². The fourth-order valence-electron chi connectivity index (χ4n) is 2.62. The van der Waals surface area contributed by atoms with Gasteiger partial charge in [-0.3, -0.25) is 0 Å². The van der Waals surface area contributed by atoms with Crippen molar-refractivity contribution in [3.63, 3.8) is 0 Å². The van der Waals surface area contributed by atoms with Crippen molar-refractivity contribution in [3.8, 4) is 5.69 Å². The summed E-state index contributed by atoms with van der Waals surface area (Å²) in [5.74, 6) is 0.614. The van der Waals surface area contributed by atoms with E-state index >= 15 is 0 Å². The van der Waals surface area contributed by atoms with Gasteiger partial charge in [-0.2, -0.15) is 5.10 Å². The standard InChI is InChI=1S/C16H23N3/c1-4-8-13(2)16(17-3)14-11-18-19(12-14)15-9-6-5-7-10-15/h5-7,9-13,16-17H,4,8H2,1-3H3. The third-order valence-corrected chi connectivity index (χ3v) is 3.61. The summed E-state index contributed by atoms with van der Waals surface area (Å²) in [5, 5.41) is 7.89. The molecule has 19 heavy (non-hydrogen) atoms.